The molecule has 0 fully saturated rings. The zero-order valence-corrected chi connectivity index (χ0v) is 22.1. The quantitative estimate of drug-likeness (QED) is 0.298. The molecule has 1 atom stereocenters. The number of alkyl carbamates (subject to hydrolysis) is 1. The van der Waals surface area contributed by atoms with Gasteiger partial charge in [0.05, 0.1) is 18.8 Å². The van der Waals surface area contributed by atoms with Gasteiger partial charge in [-0.05, 0) is 45.7 Å². The van der Waals surface area contributed by atoms with E-state index in [1.165, 1.54) is 6.92 Å². The minimum Gasteiger partial charge on any atom is -0.461 e. The summed E-state index contributed by atoms with van der Waals surface area (Å²) in [6.45, 7) is 5.10. The van der Waals surface area contributed by atoms with Crippen molar-refractivity contribution in [2.75, 3.05) is 13.2 Å². The highest BCUT2D eigenvalue weighted by Gasteiger charge is 2.42. The van der Waals surface area contributed by atoms with Gasteiger partial charge in [0, 0.05) is 31.6 Å². The Balaban J connectivity index is 1.86. The minimum absolute atomic E-state index is 0.117. The number of imidazole rings is 1. The van der Waals surface area contributed by atoms with Crippen LogP contribution in [-0.4, -0.2) is 57.2 Å². The van der Waals surface area contributed by atoms with Crippen molar-refractivity contribution in [2.45, 2.75) is 71.4 Å². The molecule has 40 heavy (non-hydrogen) atoms. The molecule has 0 spiro atoms. The predicted octanol–water partition coefficient (Wildman–Crippen LogP) is 4.36. The summed E-state index contributed by atoms with van der Waals surface area (Å²) in [5.74, 6) is -6.95. The first-order valence-corrected chi connectivity index (χ1v) is 12.2. The topological polar surface area (TPSA) is 103 Å². The predicted molar refractivity (Wildman–Crippen MR) is 126 cm³/mol. The molecular formula is C25H28F6N4O5. The number of nitrogens with one attached hydrogen (secondary N) is 1. The third-order valence-electron chi connectivity index (χ3n) is 5.78. The molecule has 1 aliphatic heterocycles. The van der Waals surface area contributed by atoms with E-state index in [2.05, 4.69) is 10.3 Å². The fourth-order valence-electron chi connectivity index (χ4n) is 4.13. The van der Waals surface area contributed by atoms with Crippen LogP contribution in [0.2, 0.25) is 0 Å². The maximum atomic E-state index is 14.3. The van der Waals surface area contributed by atoms with Crippen LogP contribution in [0.4, 0.5) is 31.1 Å². The summed E-state index contributed by atoms with van der Waals surface area (Å²) in [5.41, 5.74) is -2.03. The average molecular weight is 579 g/mol. The van der Waals surface area contributed by atoms with Crippen LogP contribution in [-0.2, 0) is 40.0 Å². The number of aromatic nitrogens is 2. The van der Waals surface area contributed by atoms with Gasteiger partial charge in [-0.1, -0.05) is 0 Å². The maximum absolute atomic E-state index is 14.3. The standard InChI is InChI=1S/C25H28F6N4O5/c1-5-39-21(37)20-18-12-34(6-7-35(18)22(33-20)25(29,30)31)19(36)10-14(32-23(38)40-24(2,3)4)8-13-9-16(27)17(28)11-15(13)26/h9,11,14H,5-8,10,12H2,1-4H3,(H,32,38). The molecule has 220 valence electrons. The third kappa shape index (κ3) is 7.45. The number of alkyl halides is 3. The third-order valence-corrected chi connectivity index (χ3v) is 5.78. The molecule has 1 aliphatic rings. The Hall–Kier alpha value is -3.78. The molecule has 1 unspecified atom stereocenters. The summed E-state index contributed by atoms with van der Waals surface area (Å²) in [6, 6.07) is -0.246. The summed E-state index contributed by atoms with van der Waals surface area (Å²) < 4.78 is 93.0. The van der Waals surface area contributed by atoms with Crippen LogP contribution in [0.3, 0.4) is 0 Å². The van der Waals surface area contributed by atoms with E-state index in [1.807, 2.05) is 0 Å². The molecule has 1 aromatic heterocycles. The van der Waals surface area contributed by atoms with Crippen molar-refractivity contribution in [3.63, 3.8) is 0 Å². The van der Waals surface area contributed by atoms with Crippen molar-refractivity contribution in [3.05, 3.63) is 52.4 Å². The van der Waals surface area contributed by atoms with Gasteiger partial charge in [0.1, 0.15) is 11.4 Å². The van der Waals surface area contributed by atoms with Crippen molar-refractivity contribution in [1.29, 1.82) is 0 Å². The van der Waals surface area contributed by atoms with Gasteiger partial charge in [0.25, 0.3) is 0 Å². The number of hydrogen-bond donors (Lipinski definition) is 1. The van der Waals surface area contributed by atoms with Crippen molar-refractivity contribution < 1.29 is 50.2 Å². The first kappa shape index (κ1) is 30.8. The molecule has 1 N–H and O–H groups in total. The number of benzene rings is 1. The molecule has 3 rings (SSSR count). The molecule has 0 saturated heterocycles. The molecule has 0 bridgehead atoms. The maximum Gasteiger partial charge on any atom is 0.449 e. The van der Waals surface area contributed by atoms with Gasteiger partial charge in [0.2, 0.25) is 11.7 Å². The summed E-state index contributed by atoms with van der Waals surface area (Å²) in [6.07, 6.45) is -6.79. The lowest BCUT2D eigenvalue weighted by Gasteiger charge is -2.31. The second kappa shape index (κ2) is 11.8. The summed E-state index contributed by atoms with van der Waals surface area (Å²) in [7, 11) is 0. The second-order valence-electron chi connectivity index (χ2n) is 10.0. The van der Waals surface area contributed by atoms with Crippen LogP contribution in [0.5, 0.6) is 0 Å². The number of ether oxygens (including phenoxy) is 2. The van der Waals surface area contributed by atoms with Crippen LogP contribution in [0.15, 0.2) is 12.1 Å². The molecule has 2 amide bonds. The first-order valence-electron chi connectivity index (χ1n) is 12.2. The molecule has 15 heteroatoms. The number of carbonyl (C=O) groups excluding carboxylic acids is 3. The lowest BCUT2D eigenvalue weighted by Crippen LogP contribution is -2.45. The van der Waals surface area contributed by atoms with E-state index in [0.29, 0.717) is 12.1 Å². The Kier molecular flexibility index (Phi) is 9.04. The van der Waals surface area contributed by atoms with Gasteiger partial charge in [-0.25, -0.2) is 27.7 Å². The number of hydrogen-bond acceptors (Lipinski definition) is 6. The lowest BCUT2D eigenvalue weighted by molar-refractivity contribution is -0.148. The fourth-order valence-corrected chi connectivity index (χ4v) is 4.13. The number of rotatable bonds is 7. The van der Waals surface area contributed by atoms with E-state index >= 15 is 0 Å². The molecule has 0 aliphatic carbocycles. The number of esters is 1. The smallest absolute Gasteiger partial charge is 0.449 e. The van der Waals surface area contributed by atoms with E-state index in [0.717, 1.165) is 9.47 Å². The molecular weight excluding hydrogens is 550 g/mol. The SMILES string of the molecule is CCOC(=O)c1nc(C(F)(F)F)n2c1CN(C(=O)CC(Cc1cc(F)c(F)cc1F)NC(=O)OC(C)(C)C)CC2. The van der Waals surface area contributed by atoms with Crippen LogP contribution in [0.25, 0.3) is 0 Å². The van der Waals surface area contributed by atoms with E-state index < -0.39 is 84.1 Å². The van der Waals surface area contributed by atoms with Gasteiger partial charge in [-0.2, -0.15) is 13.2 Å². The summed E-state index contributed by atoms with van der Waals surface area (Å²) in [5, 5.41) is 2.41. The Morgan fingerprint density at radius 1 is 1.05 bits per heavy atom. The summed E-state index contributed by atoms with van der Waals surface area (Å²) >= 11 is 0. The molecule has 0 radical (unpaired) electrons. The number of halogens is 6. The van der Waals surface area contributed by atoms with E-state index in [9.17, 15) is 40.7 Å². The number of nitrogens with zero attached hydrogens (tertiary/aromatic N) is 3. The largest absolute Gasteiger partial charge is 0.461 e. The number of amides is 2. The molecule has 2 heterocycles. The van der Waals surface area contributed by atoms with Crippen molar-refractivity contribution >= 4 is 18.0 Å². The Bertz CT molecular complexity index is 1290. The molecule has 0 saturated carbocycles. The molecule has 2 aromatic rings. The highest BCUT2D eigenvalue weighted by Crippen LogP contribution is 2.33. The minimum atomic E-state index is -4.87. The van der Waals surface area contributed by atoms with Gasteiger partial charge in [-0.3, -0.25) is 4.79 Å². The van der Waals surface area contributed by atoms with Crippen molar-refractivity contribution in [2.24, 2.45) is 0 Å². The molecule has 1 aromatic carbocycles. The first-order chi connectivity index (χ1) is 18.5. The van der Waals surface area contributed by atoms with Crippen molar-refractivity contribution in [3.8, 4) is 0 Å². The van der Waals surface area contributed by atoms with E-state index in [-0.39, 0.29) is 31.0 Å². The van der Waals surface area contributed by atoms with Gasteiger partial charge in [-0.15, -0.1) is 0 Å². The zero-order chi connectivity index (χ0) is 30.0. The number of fused-ring (bicyclic) bond motifs is 1. The Morgan fingerprint density at radius 3 is 2.30 bits per heavy atom. The second-order valence-corrected chi connectivity index (χ2v) is 10.0. The van der Waals surface area contributed by atoms with Crippen LogP contribution >= 0.6 is 0 Å². The highest BCUT2D eigenvalue weighted by molar-refractivity contribution is 5.89. The average Bonchev–Trinajstić information content (AvgIpc) is 3.21. The fraction of sp³-hybridized carbons (Fsp3) is 0.520. The monoisotopic (exact) mass is 578 g/mol. The van der Waals surface area contributed by atoms with Crippen LogP contribution in [0.1, 0.15) is 61.7 Å². The van der Waals surface area contributed by atoms with E-state index in [1.54, 1.807) is 20.8 Å². The van der Waals surface area contributed by atoms with Crippen LogP contribution in [0, 0.1) is 17.5 Å². The lowest BCUT2D eigenvalue weighted by atomic mass is 10.0. The van der Waals surface area contributed by atoms with Crippen molar-refractivity contribution in [1.82, 2.24) is 19.8 Å². The van der Waals surface area contributed by atoms with Gasteiger partial charge in [0.15, 0.2) is 17.3 Å². The van der Waals surface area contributed by atoms with E-state index in [4.69, 9.17) is 9.47 Å². The Morgan fingerprint density at radius 2 is 1.70 bits per heavy atom. The highest BCUT2D eigenvalue weighted by atomic mass is 19.4. The zero-order valence-electron chi connectivity index (χ0n) is 22.1. The number of carbonyl (C=O) groups is 3. The van der Waals surface area contributed by atoms with Gasteiger partial charge >= 0.3 is 18.2 Å². The summed E-state index contributed by atoms with van der Waals surface area (Å²) in [4.78, 5) is 42.5. The van der Waals surface area contributed by atoms with Crippen LogP contribution < -0.4 is 5.32 Å². The normalized spacial score (nSPS) is 14.4. The van der Waals surface area contributed by atoms with Gasteiger partial charge < -0.3 is 24.3 Å². The Labute approximate surface area is 225 Å². The molecule has 9 nitrogen and oxygen atoms in total.